The average molecular weight is 371 g/mol. The first-order valence-corrected chi connectivity index (χ1v) is 9.57. The SMILES string of the molecule is CC(C)(C)N.CCCCc1cccc(NC(=O)COCc2ccccc2)c1. The molecule has 0 aliphatic carbocycles. The van der Waals surface area contributed by atoms with Gasteiger partial charge >= 0.3 is 0 Å². The minimum Gasteiger partial charge on any atom is -0.367 e. The summed E-state index contributed by atoms with van der Waals surface area (Å²) in [5, 5.41) is 2.88. The zero-order chi connectivity index (χ0) is 20.1. The Hall–Kier alpha value is -2.17. The van der Waals surface area contributed by atoms with Gasteiger partial charge in [-0.05, 0) is 56.9 Å². The quantitative estimate of drug-likeness (QED) is 0.692. The molecule has 1 amide bonds. The largest absolute Gasteiger partial charge is 0.367 e. The van der Waals surface area contributed by atoms with E-state index in [4.69, 9.17) is 10.5 Å². The monoisotopic (exact) mass is 370 g/mol. The zero-order valence-corrected chi connectivity index (χ0v) is 17.1. The lowest BCUT2D eigenvalue weighted by atomic mass is 10.1. The summed E-state index contributed by atoms with van der Waals surface area (Å²) in [4.78, 5) is 11.9. The second kappa shape index (κ2) is 12.3. The number of amides is 1. The number of aryl methyl sites for hydroxylation is 1. The van der Waals surface area contributed by atoms with E-state index in [0.717, 1.165) is 24.1 Å². The minimum atomic E-state index is -0.122. The lowest BCUT2D eigenvalue weighted by Gasteiger charge is -2.08. The third-order valence-electron chi connectivity index (χ3n) is 3.37. The maximum Gasteiger partial charge on any atom is 0.250 e. The molecular formula is C23H34N2O2. The molecule has 0 unspecified atom stereocenters. The number of hydrogen-bond donors (Lipinski definition) is 2. The lowest BCUT2D eigenvalue weighted by molar-refractivity contribution is -0.121. The molecule has 0 spiro atoms. The van der Waals surface area contributed by atoms with E-state index in [-0.39, 0.29) is 18.1 Å². The molecule has 0 saturated carbocycles. The Morgan fingerprint density at radius 3 is 2.30 bits per heavy atom. The molecule has 0 aliphatic rings. The van der Waals surface area contributed by atoms with Crippen LogP contribution in [0, 0.1) is 0 Å². The van der Waals surface area contributed by atoms with Gasteiger partial charge in [-0.1, -0.05) is 55.8 Å². The molecule has 2 aromatic carbocycles. The molecule has 2 aromatic rings. The van der Waals surface area contributed by atoms with Crippen LogP contribution in [0.25, 0.3) is 0 Å². The smallest absolute Gasteiger partial charge is 0.250 e. The summed E-state index contributed by atoms with van der Waals surface area (Å²) in [5.41, 5.74) is 8.51. The van der Waals surface area contributed by atoms with Gasteiger partial charge in [0.15, 0.2) is 0 Å². The van der Waals surface area contributed by atoms with Crippen molar-refractivity contribution in [2.45, 2.75) is 59.1 Å². The topological polar surface area (TPSA) is 64.3 Å². The third kappa shape index (κ3) is 12.8. The van der Waals surface area contributed by atoms with Crippen molar-refractivity contribution in [2.75, 3.05) is 11.9 Å². The van der Waals surface area contributed by atoms with Gasteiger partial charge in [0.2, 0.25) is 5.91 Å². The van der Waals surface area contributed by atoms with Crippen LogP contribution < -0.4 is 11.1 Å². The number of anilines is 1. The Morgan fingerprint density at radius 2 is 1.67 bits per heavy atom. The van der Waals surface area contributed by atoms with Gasteiger partial charge in [-0.25, -0.2) is 0 Å². The van der Waals surface area contributed by atoms with Gasteiger partial charge in [-0.15, -0.1) is 0 Å². The molecule has 0 saturated heterocycles. The van der Waals surface area contributed by atoms with Gasteiger partial charge in [0, 0.05) is 11.2 Å². The highest BCUT2D eigenvalue weighted by Crippen LogP contribution is 2.13. The van der Waals surface area contributed by atoms with E-state index in [1.54, 1.807) is 0 Å². The molecule has 0 aliphatic heterocycles. The number of nitrogens with one attached hydrogen (secondary N) is 1. The van der Waals surface area contributed by atoms with Gasteiger partial charge in [0.1, 0.15) is 6.61 Å². The molecule has 2 rings (SSSR count). The number of unbranched alkanes of at least 4 members (excludes halogenated alkanes) is 1. The Balaban J connectivity index is 0.000000646. The van der Waals surface area contributed by atoms with Crippen molar-refractivity contribution in [3.8, 4) is 0 Å². The van der Waals surface area contributed by atoms with Crippen LogP contribution in [0.2, 0.25) is 0 Å². The average Bonchev–Trinajstić information content (AvgIpc) is 2.60. The standard InChI is InChI=1S/C19H23NO2.C4H11N/c1-2-3-8-16-11-7-12-18(13-16)20-19(21)15-22-14-17-9-5-4-6-10-17;1-4(2,3)5/h4-7,9-13H,2-3,8,14-15H2,1H3,(H,20,21);5H2,1-3H3. The molecule has 0 aromatic heterocycles. The van der Waals surface area contributed by atoms with Crippen LogP contribution in [-0.4, -0.2) is 18.1 Å². The molecule has 4 nitrogen and oxygen atoms in total. The molecular weight excluding hydrogens is 336 g/mol. The summed E-state index contributed by atoms with van der Waals surface area (Å²) in [6, 6.07) is 17.9. The summed E-state index contributed by atoms with van der Waals surface area (Å²) in [5.74, 6) is -0.122. The van der Waals surface area contributed by atoms with E-state index in [0.29, 0.717) is 6.61 Å². The first-order valence-electron chi connectivity index (χ1n) is 9.57. The van der Waals surface area contributed by atoms with Crippen LogP contribution in [0.4, 0.5) is 5.69 Å². The molecule has 0 bridgehead atoms. The van der Waals surface area contributed by atoms with Crippen LogP contribution in [0.5, 0.6) is 0 Å². The van der Waals surface area contributed by atoms with Crippen LogP contribution in [0.15, 0.2) is 54.6 Å². The maximum atomic E-state index is 11.9. The number of carbonyl (C=O) groups is 1. The highest BCUT2D eigenvalue weighted by atomic mass is 16.5. The van der Waals surface area contributed by atoms with E-state index in [2.05, 4.69) is 18.3 Å². The van der Waals surface area contributed by atoms with Crippen LogP contribution in [0.3, 0.4) is 0 Å². The Morgan fingerprint density at radius 1 is 1.04 bits per heavy atom. The molecule has 0 heterocycles. The van der Waals surface area contributed by atoms with Crippen molar-refractivity contribution in [3.63, 3.8) is 0 Å². The van der Waals surface area contributed by atoms with Gasteiger partial charge < -0.3 is 15.8 Å². The van der Waals surface area contributed by atoms with E-state index >= 15 is 0 Å². The second-order valence-electron chi connectivity index (χ2n) is 7.70. The Labute approximate surface area is 164 Å². The van der Waals surface area contributed by atoms with Crippen LogP contribution >= 0.6 is 0 Å². The molecule has 0 fully saturated rings. The van der Waals surface area contributed by atoms with E-state index in [1.165, 1.54) is 12.0 Å². The van der Waals surface area contributed by atoms with E-state index < -0.39 is 0 Å². The number of benzene rings is 2. The van der Waals surface area contributed by atoms with Crippen molar-refractivity contribution in [1.29, 1.82) is 0 Å². The Kier molecular flexibility index (Phi) is 10.4. The number of rotatable bonds is 8. The van der Waals surface area contributed by atoms with Crippen molar-refractivity contribution in [1.82, 2.24) is 0 Å². The maximum absolute atomic E-state index is 11.9. The first kappa shape index (κ1) is 22.9. The summed E-state index contributed by atoms with van der Waals surface area (Å²) < 4.78 is 5.44. The first-order chi connectivity index (χ1) is 12.8. The van der Waals surface area contributed by atoms with Crippen molar-refractivity contribution in [3.05, 3.63) is 65.7 Å². The summed E-state index contributed by atoms with van der Waals surface area (Å²) in [6.07, 6.45) is 3.38. The zero-order valence-electron chi connectivity index (χ0n) is 17.1. The van der Waals surface area contributed by atoms with Crippen molar-refractivity contribution >= 4 is 11.6 Å². The predicted octanol–water partition coefficient (Wildman–Crippen LogP) is 4.93. The normalized spacial score (nSPS) is 10.7. The van der Waals surface area contributed by atoms with Crippen LogP contribution in [0.1, 0.15) is 51.7 Å². The van der Waals surface area contributed by atoms with Crippen LogP contribution in [-0.2, 0) is 22.6 Å². The van der Waals surface area contributed by atoms with Crippen molar-refractivity contribution in [2.24, 2.45) is 5.73 Å². The molecule has 0 radical (unpaired) electrons. The van der Waals surface area contributed by atoms with Gasteiger partial charge in [-0.3, -0.25) is 4.79 Å². The fraction of sp³-hybridized carbons (Fsp3) is 0.435. The summed E-state index contributed by atoms with van der Waals surface area (Å²) >= 11 is 0. The van der Waals surface area contributed by atoms with Gasteiger partial charge in [0.05, 0.1) is 6.61 Å². The number of hydrogen-bond acceptors (Lipinski definition) is 3. The van der Waals surface area contributed by atoms with Gasteiger partial charge in [0.25, 0.3) is 0 Å². The number of nitrogens with two attached hydrogens (primary N) is 1. The van der Waals surface area contributed by atoms with E-state index in [9.17, 15) is 4.79 Å². The van der Waals surface area contributed by atoms with Gasteiger partial charge in [-0.2, -0.15) is 0 Å². The summed E-state index contributed by atoms with van der Waals surface area (Å²) in [7, 11) is 0. The summed E-state index contributed by atoms with van der Waals surface area (Å²) in [6.45, 7) is 8.58. The van der Waals surface area contributed by atoms with E-state index in [1.807, 2.05) is 69.3 Å². The predicted molar refractivity (Wildman–Crippen MR) is 114 cm³/mol. The molecule has 27 heavy (non-hydrogen) atoms. The van der Waals surface area contributed by atoms with Crippen molar-refractivity contribution < 1.29 is 9.53 Å². The minimum absolute atomic E-state index is 0. The lowest BCUT2D eigenvalue weighted by Crippen LogP contribution is -2.26. The molecule has 148 valence electrons. The third-order valence-corrected chi connectivity index (χ3v) is 3.37. The molecule has 4 heteroatoms. The fourth-order valence-electron chi connectivity index (χ4n) is 2.22. The fourth-order valence-corrected chi connectivity index (χ4v) is 2.22. The molecule has 3 N–H and O–H groups in total. The second-order valence-corrected chi connectivity index (χ2v) is 7.70. The Bertz CT molecular complexity index is 658. The highest BCUT2D eigenvalue weighted by molar-refractivity contribution is 5.91. The number of carbonyl (C=O) groups excluding carboxylic acids is 1. The number of ether oxygens (including phenoxy) is 1. The molecule has 0 atom stereocenters. The highest BCUT2D eigenvalue weighted by Gasteiger charge is 2.03.